The highest BCUT2D eigenvalue weighted by Crippen LogP contribution is 2.24. The second kappa shape index (κ2) is 5.19. The zero-order valence-corrected chi connectivity index (χ0v) is 10.1. The van der Waals surface area contributed by atoms with E-state index in [0.29, 0.717) is 13.0 Å². The molecule has 0 spiro atoms. The normalized spacial score (nSPS) is 17.3. The maximum Gasteiger partial charge on any atom is 0.222 e. The second-order valence-electron chi connectivity index (χ2n) is 4.29. The number of methoxy groups -OCH3 is 1. The van der Waals surface area contributed by atoms with Crippen molar-refractivity contribution < 1.29 is 9.53 Å². The smallest absolute Gasteiger partial charge is 0.222 e. The standard InChI is InChI=1S/C13H18N2O2/c1-17-12-6-3-2-5-10(12)11(14)9-15-8-4-7-13(15)16/h2-3,5-6,11H,4,7-9,14H2,1H3. The Balaban J connectivity index is 2.08. The Hall–Kier alpha value is -1.55. The number of likely N-dealkylation sites (tertiary alicyclic amines) is 1. The van der Waals surface area contributed by atoms with Crippen LogP contribution in [0.15, 0.2) is 24.3 Å². The number of rotatable bonds is 4. The van der Waals surface area contributed by atoms with Crippen molar-refractivity contribution in [3.8, 4) is 5.75 Å². The summed E-state index contributed by atoms with van der Waals surface area (Å²) in [5, 5.41) is 0. The van der Waals surface area contributed by atoms with Crippen molar-refractivity contribution >= 4 is 5.91 Å². The van der Waals surface area contributed by atoms with Crippen molar-refractivity contribution in [2.75, 3.05) is 20.2 Å². The van der Waals surface area contributed by atoms with Gasteiger partial charge in [0.1, 0.15) is 5.75 Å². The molecule has 2 N–H and O–H groups in total. The summed E-state index contributed by atoms with van der Waals surface area (Å²) >= 11 is 0. The molecule has 4 nitrogen and oxygen atoms in total. The number of nitrogens with two attached hydrogens (primary N) is 1. The average molecular weight is 234 g/mol. The Labute approximate surface area is 101 Å². The number of amides is 1. The number of benzene rings is 1. The zero-order valence-electron chi connectivity index (χ0n) is 10.1. The van der Waals surface area contributed by atoms with Gasteiger partial charge in [-0.05, 0) is 12.5 Å². The quantitative estimate of drug-likeness (QED) is 0.854. The lowest BCUT2D eigenvalue weighted by atomic mass is 10.1. The topological polar surface area (TPSA) is 55.6 Å². The first-order valence-corrected chi connectivity index (χ1v) is 5.88. The van der Waals surface area contributed by atoms with Gasteiger partial charge < -0.3 is 15.4 Å². The van der Waals surface area contributed by atoms with Gasteiger partial charge in [-0.1, -0.05) is 18.2 Å². The van der Waals surface area contributed by atoms with Crippen molar-refractivity contribution in [3.63, 3.8) is 0 Å². The van der Waals surface area contributed by atoms with E-state index >= 15 is 0 Å². The molecule has 4 heteroatoms. The van der Waals surface area contributed by atoms with E-state index in [4.69, 9.17) is 10.5 Å². The summed E-state index contributed by atoms with van der Waals surface area (Å²) in [5.41, 5.74) is 7.09. The van der Waals surface area contributed by atoms with Crippen molar-refractivity contribution in [1.29, 1.82) is 0 Å². The fourth-order valence-electron chi connectivity index (χ4n) is 2.21. The van der Waals surface area contributed by atoms with Crippen molar-refractivity contribution in [1.82, 2.24) is 4.90 Å². The van der Waals surface area contributed by atoms with Crippen molar-refractivity contribution in [2.24, 2.45) is 5.73 Å². The molecule has 1 amide bonds. The highest BCUT2D eigenvalue weighted by atomic mass is 16.5. The zero-order chi connectivity index (χ0) is 12.3. The molecule has 17 heavy (non-hydrogen) atoms. The number of para-hydroxylation sites is 1. The Morgan fingerprint density at radius 1 is 1.47 bits per heavy atom. The molecular weight excluding hydrogens is 216 g/mol. The van der Waals surface area contributed by atoms with Crippen LogP contribution in [-0.4, -0.2) is 31.0 Å². The molecule has 1 aromatic carbocycles. The third-order valence-electron chi connectivity index (χ3n) is 3.13. The lowest BCUT2D eigenvalue weighted by Gasteiger charge is -2.22. The maximum atomic E-state index is 11.5. The van der Waals surface area contributed by atoms with Crippen LogP contribution in [0.5, 0.6) is 5.75 Å². The molecule has 1 aromatic rings. The van der Waals surface area contributed by atoms with Crippen molar-refractivity contribution in [2.45, 2.75) is 18.9 Å². The summed E-state index contributed by atoms with van der Waals surface area (Å²) < 4.78 is 5.27. The second-order valence-corrected chi connectivity index (χ2v) is 4.29. The summed E-state index contributed by atoms with van der Waals surface area (Å²) in [6, 6.07) is 7.50. The van der Waals surface area contributed by atoms with E-state index in [1.54, 1.807) is 7.11 Å². The molecule has 1 aliphatic heterocycles. The fraction of sp³-hybridized carbons (Fsp3) is 0.462. The van der Waals surface area contributed by atoms with Crippen LogP contribution in [0.2, 0.25) is 0 Å². The first-order chi connectivity index (χ1) is 8.22. The van der Waals surface area contributed by atoms with E-state index in [1.807, 2.05) is 29.2 Å². The van der Waals surface area contributed by atoms with Crippen molar-refractivity contribution in [3.05, 3.63) is 29.8 Å². The van der Waals surface area contributed by atoms with E-state index in [0.717, 1.165) is 24.3 Å². The molecule has 0 aromatic heterocycles. The molecule has 1 atom stereocenters. The Morgan fingerprint density at radius 2 is 2.24 bits per heavy atom. The summed E-state index contributed by atoms with van der Waals surface area (Å²) in [6.45, 7) is 1.39. The van der Waals surface area contributed by atoms with Gasteiger partial charge in [-0.3, -0.25) is 4.79 Å². The van der Waals surface area contributed by atoms with Gasteiger partial charge in [-0.15, -0.1) is 0 Å². The third kappa shape index (κ3) is 2.58. The highest BCUT2D eigenvalue weighted by molar-refractivity contribution is 5.78. The van der Waals surface area contributed by atoms with E-state index in [-0.39, 0.29) is 11.9 Å². The SMILES string of the molecule is COc1ccccc1C(N)CN1CCCC1=O. The molecule has 0 aliphatic carbocycles. The minimum Gasteiger partial charge on any atom is -0.496 e. The molecule has 0 saturated carbocycles. The summed E-state index contributed by atoms with van der Waals surface area (Å²) in [4.78, 5) is 13.4. The van der Waals surface area contributed by atoms with Crippen LogP contribution in [0.1, 0.15) is 24.4 Å². The Morgan fingerprint density at radius 3 is 2.88 bits per heavy atom. The molecule has 1 aliphatic rings. The molecule has 1 saturated heterocycles. The first kappa shape index (κ1) is 11.9. The molecule has 1 unspecified atom stereocenters. The maximum absolute atomic E-state index is 11.5. The lowest BCUT2D eigenvalue weighted by molar-refractivity contribution is -0.127. The Bertz CT molecular complexity index is 406. The molecule has 1 fully saturated rings. The van der Waals surface area contributed by atoms with Crippen LogP contribution < -0.4 is 10.5 Å². The number of ether oxygens (including phenoxy) is 1. The minimum absolute atomic E-state index is 0.187. The molecule has 2 rings (SSSR count). The van der Waals surface area contributed by atoms with Crippen LogP contribution in [0.4, 0.5) is 0 Å². The third-order valence-corrected chi connectivity index (χ3v) is 3.13. The molecule has 0 radical (unpaired) electrons. The summed E-state index contributed by atoms with van der Waals surface area (Å²) in [5.74, 6) is 0.988. The van der Waals surface area contributed by atoms with Gasteiger partial charge in [0.2, 0.25) is 5.91 Å². The van der Waals surface area contributed by atoms with Gasteiger partial charge in [0.25, 0.3) is 0 Å². The number of hydrogen-bond donors (Lipinski definition) is 1. The van der Waals surface area contributed by atoms with Gasteiger partial charge in [-0.2, -0.15) is 0 Å². The predicted octanol–water partition coefficient (Wildman–Crippen LogP) is 1.32. The van der Waals surface area contributed by atoms with Gasteiger partial charge >= 0.3 is 0 Å². The van der Waals surface area contributed by atoms with Crippen LogP contribution >= 0.6 is 0 Å². The van der Waals surface area contributed by atoms with Crippen LogP contribution in [-0.2, 0) is 4.79 Å². The number of hydrogen-bond acceptors (Lipinski definition) is 3. The number of nitrogens with zero attached hydrogens (tertiary/aromatic N) is 1. The van der Waals surface area contributed by atoms with E-state index in [2.05, 4.69) is 0 Å². The van der Waals surface area contributed by atoms with E-state index in [1.165, 1.54) is 0 Å². The predicted molar refractivity (Wildman–Crippen MR) is 65.7 cm³/mol. The Kier molecular flexibility index (Phi) is 3.64. The average Bonchev–Trinajstić information content (AvgIpc) is 2.75. The van der Waals surface area contributed by atoms with Gasteiger partial charge in [0.15, 0.2) is 0 Å². The van der Waals surface area contributed by atoms with Gasteiger partial charge in [0.05, 0.1) is 13.2 Å². The number of carbonyl (C=O) groups is 1. The minimum atomic E-state index is -0.187. The number of carbonyl (C=O) groups excluding carboxylic acids is 1. The lowest BCUT2D eigenvalue weighted by Crippen LogP contribution is -2.33. The highest BCUT2D eigenvalue weighted by Gasteiger charge is 2.23. The van der Waals surface area contributed by atoms with Crippen LogP contribution in [0.25, 0.3) is 0 Å². The molecule has 1 heterocycles. The van der Waals surface area contributed by atoms with E-state index in [9.17, 15) is 4.79 Å². The summed E-state index contributed by atoms with van der Waals surface area (Å²) in [7, 11) is 1.63. The fourth-order valence-corrected chi connectivity index (χ4v) is 2.21. The summed E-state index contributed by atoms with van der Waals surface area (Å²) in [6.07, 6.45) is 1.59. The monoisotopic (exact) mass is 234 g/mol. The van der Waals surface area contributed by atoms with E-state index < -0.39 is 0 Å². The largest absolute Gasteiger partial charge is 0.496 e. The van der Waals surface area contributed by atoms with Gasteiger partial charge in [-0.25, -0.2) is 0 Å². The molecular formula is C13H18N2O2. The van der Waals surface area contributed by atoms with Crippen LogP contribution in [0.3, 0.4) is 0 Å². The molecule has 0 bridgehead atoms. The first-order valence-electron chi connectivity index (χ1n) is 5.88. The van der Waals surface area contributed by atoms with Gasteiger partial charge in [0, 0.05) is 25.1 Å². The van der Waals surface area contributed by atoms with Crippen LogP contribution in [0, 0.1) is 0 Å². The molecule has 92 valence electrons.